The molecule has 0 aromatic heterocycles. The molecule has 0 spiro atoms. The molecule has 2 atom stereocenters. The Bertz CT molecular complexity index is 261. The van der Waals surface area contributed by atoms with Crippen molar-refractivity contribution in [2.24, 2.45) is 0 Å². The summed E-state index contributed by atoms with van der Waals surface area (Å²) in [5.41, 5.74) is -0.301. The van der Waals surface area contributed by atoms with Gasteiger partial charge in [0, 0.05) is 31.1 Å². The quantitative estimate of drug-likeness (QED) is 0.723. The lowest BCUT2D eigenvalue weighted by molar-refractivity contribution is -0.135. The number of hydrogen-bond acceptors (Lipinski definition) is 4. The number of carbonyl (C=O) groups excluding carboxylic acids is 1. The third-order valence-electron chi connectivity index (χ3n) is 3.57. The van der Waals surface area contributed by atoms with Crippen molar-refractivity contribution in [1.82, 2.24) is 10.2 Å². The molecule has 106 valence electrons. The number of nitrogens with zero attached hydrogens (tertiary/aromatic N) is 1. The van der Waals surface area contributed by atoms with Gasteiger partial charge in [-0.05, 0) is 20.3 Å². The van der Waals surface area contributed by atoms with Crippen molar-refractivity contribution < 1.29 is 14.6 Å². The Kier molecular flexibility index (Phi) is 6.05. The van der Waals surface area contributed by atoms with Crippen LogP contribution in [0.15, 0.2) is 0 Å². The van der Waals surface area contributed by atoms with E-state index in [9.17, 15) is 9.90 Å². The minimum absolute atomic E-state index is 0.0671. The van der Waals surface area contributed by atoms with Crippen LogP contribution in [0.4, 0.5) is 0 Å². The van der Waals surface area contributed by atoms with Crippen LogP contribution in [0.2, 0.25) is 0 Å². The molecule has 0 saturated carbocycles. The second kappa shape index (κ2) is 7.07. The zero-order valence-corrected chi connectivity index (χ0v) is 11.7. The molecule has 0 bridgehead atoms. The Labute approximate surface area is 109 Å². The van der Waals surface area contributed by atoms with Crippen molar-refractivity contribution in [3.63, 3.8) is 0 Å². The molecule has 5 heteroatoms. The highest BCUT2D eigenvalue weighted by molar-refractivity contribution is 5.76. The summed E-state index contributed by atoms with van der Waals surface area (Å²) in [6, 6.07) is 0.0671. The molecule has 1 amide bonds. The lowest BCUT2D eigenvalue weighted by Crippen LogP contribution is -2.51. The second-order valence-electron chi connectivity index (χ2n) is 5.31. The predicted molar refractivity (Wildman–Crippen MR) is 70.4 cm³/mol. The summed E-state index contributed by atoms with van der Waals surface area (Å²) in [6.45, 7) is 8.73. The third kappa shape index (κ3) is 4.55. The van der Waals surface area contributed by atoms with Gasteiger partial charge in [-0.15, -0.1) is 0 Å². The Hall–Kier alpha value is -0.650. The van der Waals surface area contributed by atoms with Crippen LogP contribution >= 0.6 is 0 Å². The lowest BCUT2D eigenvalue weighted by atomic mass is 9.98. The molecule has 0 aromatic rings. The summed E-state index contributed by atoms with van der Waals surface area (Å²) < 4.78 is 5.23. The smallest absolute Gasteiger partial charge is 0.224 e. The first-order chi connectivity index (χ1) is 8.50. The lowest BCUT2D eigenvalue weighted by Gasteiger charge is -2.33. The Morgan fingerprint density at radius 1 is 1.50 bits per heavy atom. The van der Waals surface area contributed by atoms with E-state index in [-0.39, 0.29) is 24.1 Å². The fourth-order valence-corrected chi connectivity index (χ4v) is 2.11. The van der Waals surface area contributed by atoms with Gasteiger partial charge in [0.05, 0.1) is 19.8 Å². The fraction of sp³-hybridized carbons (Fsp3) is 0.923. The maximum absolute atomic E-state index is 12.0. The number of carbonyl (C=O) groups is 1. The van der Waals surface area contributed by atoms with Crippen LogP contribution in [-0.4, -0.2) is 60.4 Å². The van der Waals surface area contributed by atoms with E-state index in [0.717, 1.165) is 6.42 Å². The molecule has 2 unspecified atom stereocenters. The first kappa shape index (κ1) is 15.4. The number of morpholine rings is 1. The number of rotatable bonds is 6. The predicted octanol–water partition coefficient (Wildman–Crippen LogP) is 0.374. The molecule has 1 fully saturated rings. The number of aliphatic hydroxyl groups is 1. The molecular formula is C13H26N2O3. The SMILES string of the molecule is CCC(C)(CO)NC(C)CC(=O)N1CCOCC1. The number of ether oxygens (including phenoxy) is 1. The van der Waals surface area contributed by atoms with Crippen LogP contribution in [0, 0.1) is 0 Å². The average molecular weight is 258 g/mol. The third-order valence-corrected chi connectivity index (χ3v) is 3.57. The van der Waals surface area contributed by atoms with E-state index in [1.807, 2.05) is 25.7 Å². The normalized spacial score (nSPS) is 21.4. The van der Waals surface area contributed by atoms with E-state index in [2.05, 4.69) is 5.32 Å². The van der Waals surface area contributed by atoms with Gasteiger partial charge in [0.25, 0.3) is 0 Å². The standard InChI is InChI=1S/C13H26N2O3/c1-4-13(3,10-16)14-11(2)9-12(17)15-5-7-18-8-6-15/h11,14,16H,4-10H2,1-3H3. The van der Waals surface area contributed by atoms with Gasteiger partial charge in [0.15, 0.2) is 0 Å². The molecule has 0 aromatic carbocycles. The molecule has 0 radical (unpaired) electrons. The molecule has 2 N–H and O–H groups in total. The molecule has 0 aliphatic carbocycles. The van der Waals surface area contributed by atoms with E-state index < -0.39 is 0 Å². The van der Waals surface area contributed by atoms with Crippen molar-refractivity contribution in [3.05, 3.63) is 0 Å². The molecule has 1 saturated heterocycles. The number of hydrogen-bond donors (Lipinski definition) is 2. The van der Waals surface area contributed by atoms with E-state index in [4.69, 9.17) is 4.74 Å². The highest BCUT2D eigenvalue weighted by Crippen LogP contribution is 2.11. The van der Waals surface area contributed by atoms with Crippen LogP contribution in [0.3, 0.4) is 0 Å². The van der Waals surface area contributed by atoms with E-state index in [1.54, 1.807) is 0 Å². The van der Waals surface area contributed by atoms with Crippen LogP contribution in [0.1, 0.15) is 33.6 Å². The minimum Gasteiger partial charge on any atom is -0.394 e. The molecule has 5 nitrogen and oxygen atoms in total. The number of amides is 1. The molecular weight excluding hydrogens is 232 g/mol. The van der Waals surface area contributed by atoms with Gasteiger partial charge in [0.2, 0.25) is 5.91 Å². The Morgan fingerprint density at radius 2 is 2.11 bits per heavy atom. The van der Waals surface area contributed by atoms with Crippen LogP contribution in [-0.2, 0) is 9.53 Å². The summed E-state index contributed by atoms with van der Waals surface area (Å²) in [5.74, 6) is 0.162. The molecule has 18 heavy (non-hydrogen) atoms. The molecule has 1 rings (SSSR count). The van der Waals surface area contributed by atoms with Crippen LogP contribution < -0.4 is 5.32 Å². The Balaban J connectivity index is 2.38. The van der Waals surface area contributed by atoms with Gasteiger partial charge >= 0.3 is 0 Å². The van der Waals surface area contributed by atoms with Gasteiger partial charge in [0.1, 0.15) is 0 Å². The van der Waals surface area contributed by atoms with Crippen molar-refractivity contribution >= 4 is 5.91 Å². The van der Waals surface area contributed by atoms with E-state index in [1.165, 1.54) is 0 Å². The Morgan fingerprint density at radius 3 is 2.61 bits per heavy atom. The topological polar surface area (TPSA) is 61.8 Å². The molecule has 1 aliphatic heterocycles. The van der Waals surface area contributed by atoms with E-state index in [0.29, 0.717) is 32.7 Å². The van der Waals surface area contributed by atoms with Gasteiger partial charge in [-0.2, -0.15) is 0 Å². The number of aliphatic hydroxyl groups excluding tert-OH is 1. The maximum atomic E-state index is 12.0. The average Bonchev–Trinajstić information content (AvgIpc) is 2.39. The van der Waals surface area contributed by atoms with Crippen LogP contribution in [0.25, 0.3) is 0 Å². The number of nitrogens with one attached hydrogen (secondary N) is 1. The van der Waals surface area contributed by atoms with Gasteiger partial charge < -0.3 is 20.1 Å². The summed E-state index contributed by atoms with van der Waals surface area (Å²) >= 11 is 0. The zero-order chi connectivity index (χ0) is 13.6. The summed E-state index contributed by atoms with van der Waals surface area (Å²) in [6.07, 6.45) is 1.30. The largest absolute Gasteiger partial charge is 0.394 e. The highest BCUT2D eigenvalue weighted by atomic mass is 16.5. The zero-order valence-electron chi connectivity index (χ0n) is 11.7. The summed E-state index contributed by atoms with van der Waals surface area (Å²) in [4.78, 5) is 13.9. The molecule has 1 aliphatic rings. The van der Waals surface area contributed by atoms with Crippen molar-refractivity contribution in [2.45, 2.75) is 45.2 Å². The maximum Gasteiger partial charge on any atom is 0.224 e. The van der Waals surface area contributed by atoms with Gasteiger partial charge in [-0.1, -0.05) is 6.92 Å². The summed E-state index contributed by atoms with van der Waals surface area (Å²) in [5, 5.41) is 12.7. The fourth-order valence-electron chi connectivity index (χ4n) is 2.11. The summed E-state index contributed by atoms with van der Waals surface area (Å²) in [7, 11) is 0. The van der Waals surface area contributed by atoms with Gasteiger partial charge in [-0.25, -0.2) is 0 Å². The van der Waals surface area contributed by atoms with Crippen molar-refractivity contribution in [3.8, 4) is 0 Å². The highest BCUT2D eigenvalue weighted by Gasteiger charge is 2.25. The second-order valence-corrected chi connectivity index (χ2v) is 5.31. The first-order valence-corrected chi connectivity index (χ1v) is 6.75. The minimum atomic E-state index is -0.301. The van der Waals surface area contributed by atoms with E-state index >= 15 is 0 Å². The molecule has 1 heterocycles. The first-order valence-electron chi connectivity index (χ1n) is 6.75. The monoisotopic (exact) mass is 258 g/mol. The van der Waals surface area contributed by atoms with Gasteiger partial charge in [-0.3, -0.25) is 4.79 Å². The van der Waals surface area contributed by atoms with Crippen molar-refractivity contribution in [1.29, 1.82) is 0 Å². The van der Waals surface area contributed by atoms with Crippen LogP contribution in [0.5, 0.6) is 0 Å². The van der Waals surface area contributed by atoms with Crippen molar-refractivity contribution in [2.75, 3.05) is 32.9 Å².